The van der Waals surface area contributed by atoms with E-state index in [1.807, 2.05) is 13.0 Å². The summed E-state index contributed by atoms with van der Waals surface area (Å²) in [5.74, 6) is -0.874. The molecule has 214 valence electrons. The van der Waals surface area contributed by atoms with Crippen molar-refractivity contribution in [3.05, 3.63) is 45.7 Å². The van der Waals surface area contributed by atoms with Gasteiger partial charge in [-0.05, 0) is 18.6 Å². The van der Waals surface area contributed by atoms with Crippen molar-refractivity contribution in [3.63, 3.8) is 0 Å². The molecule has 2 amide bonds. The fraction of sp³-hybridized carbons (Fsp3) is 0.391. The molecule has 4 heterocycles. The minimum Gasteiger partial charge on any atom is -0.477 e. The van der Waals surface area contributed by atoms with Crippen molar-refractivity contribution in [1.29, 1.82) is 0 Å². The maximum Gasteiger partial charge on any atom is 0.353 e. The number of amides is 2. The number of carbonyl (C=O) groups excluding carboxylic acids is 2. The lowest BCUT2D eigenvalue weighted by molar-refractivity contribution is -0.150. The Balaban J connectivity index is 1.51. The van der Waals surface area contributed by atoms with Gasteiger partial charge in [-0.2, -0.15) is 11.8 Å². The molecule has 1 unspecified atom stereocenters. The predicted molar refractivity (Wildman–Crippen MR) is 155 cm³/mol. The number of aromatic nitrogens is 2. The molecule has 2 aliphatic heterocycles. The Kier molecular flexibility index (Phi) is 10.3. The zero-order chi connectivity index (χ0) is 28.8. The van der Waals surface area contributed by atoms with Crippen LogP contribution in [0, 0.1) is 0 Å². The van der Waals surface area contributed by atoms with Gasteiger partial charge in [0.05, 0.1) is 0 Å². The first kappa shape index (κ1) is 30.1. The molecular weight excluding hydrogens is 602 g/mol. The van der Waals surface area contributed by atoms with Gasteiger partial charge in [0, 0.05) is 50.9 Å². The van der Waals surface area contributed by atoms with E-state index < -0.39 is 35.9 Å². The molecule has 0 spiro atoms. The van der Waals surface area contributed by atoms with Crippen LogP contribution in [0.25, 0.3) is 0 Å². The Morgan fingerprint density at radius 1 is 1.45 bits per heavy atom. The van der Waals surface area contributed by atoms with Crippen molar-refractivity contribution in [2.45, 2.75) is 35.0 Å². The highest BCUT2D eigenvalue weighted by molar-refractivity contribution is 8.06. The van der Waals surface area contributed by atoms with Crippen LogP contribution >= 0.6 is 46.6 Å². The summed E-state index contributed by atoms with van der Waals surface area (Å²) in [7, 11) is 0. The van der Waals surface area contributed by atoms with Gasteiger partial charge in [-0.1, -0.05) is 16.9 Å². The van der Waals surface area contributed by atoms with Crippen molar-refractivity contribution in [1.82, 2.24) is 20.2 Å². The second kappa shape index (κ2) is 13.7. The van der Waals surface area contributed by atoms with Crippen molar-refractivity contribution < 1.29 is 28.7 Å². The molecule has 0 saturated carbocycles. The Bertz CT molecular complexity index is 1340. The van der Waals surface area contributed by atoms with Crippen molar-refractivity contribution in [2.24, 2.45) is 10.9 Å². The summed E-state index contributed by atoms with van der Waals surface area (Å²) in [4.78, 5) is 54.1. The number of aliphatic carboxylic acids is 1. The van der Waals surface area contributed by atoms with Gasteiger partial charge in [0.1, 0.15) is 36.1 Å². The minimum absolute atomic E-state index is 0.0429. The van der Waals surface area contributed by atoms with Crippen LogP contribution in [-0.4, -0.2) is 85.7 Å². The number of hydrogen-bond acceptors (Lipinski definition) is 13. The summed E-state index contributed by atoms with van der Waals surface area (Å²) in [6.45, 7) is 0.736. The van der Waals surface area contributed by atoms with E-state index in [1.54, 1.807) is 24.2 Å². The Labute approximate surface area is 245 Å². The number of rotatable bonds is 13. The van der Waals surface area contributed by atoms with Gasteiger partial charge in [0.2, 0.25) is 0 Å². The van der Waals surface area contributed by atoms with Gasteiger partial charge in [0.15, 0.2) is 10.8 Å². The number of anilines is 1. The van der Waals surface area contributed by atoms with Crippen LogP contribution in [0.15, 0.2) is 44.5 Å². The number of pyridine rings is 1. The molecule has 1 fully saturated rings. The third-order valence-electron chi connectivity index (χ3n) is 5.46. The molecule has 17 heteroatoms. The molecule has 40 heavy (non-hydrogen) atoms. The topological polar surface area (TPSA) is 186 Å². The normalized spacial score (nSPS) is 19.6. The first-order chi connectivity index (χ1) is 19.2. The molecular formula is C23H26FN7O5S4. The summed E-state index contributed by atoms with van der Waals surface area (Å²) in [5.41, 5.74) is 12.2. The average Bonchev–Trinajstić information content (AvgIpc) is 3.35. The average molecular weight is 628 g/mol. The van der Waals surface area contributed by atoms with Crippen LogP contribution in [0.3, 0.4) is 0 Å². The van der Waals surface area contributed by atoms with Crippen molar-refractivity contribution in [2.75, 3.05) is 30.5 Å². The van der Waals surface area contributed by atoms with Crippen LogP contribution in [0.5, 0.6) is 0 Å². The van der Waals surface area contributed by atoms with Crippen LogP contribution in [0.4, 0.5) is 9.52 Å². The fourth-order valence-electron chi connectivity index (χ4n) is 3.73. The third kappa shape index (κ3) is 6.88. The molecule has 2 aromatic heterocycles. The molecule has 2 aliphatic rings. The van der Waals surface area contributed by atoms with Gasteiger partial charge in [-0.3, -0.25) is 19.5 Å². The lowest BCUT2D eigenvalue weighted by atomic mass is 10.0. The molecule has 1 saturated heterocycles. The number of nitrogens with one attached hydrogen (secondary N) is 1. The van der Waals surface area contributed by atoms with E-state index in [1.165, 1.54) is 33.8 Å². The Hall–Kier alpha value is -2.86. The zero-order valence-electron chi connectivity index (χ0n) is 21.1. The maximum absolute atomic E-state index is 13.2. The van der Waals surface area contributed by atoms with Gasteiger partial charge in [0.25, 0.3) is 11.8 Å². The number of nitrogens with zero attached hydrogens (tertiary/aromatic N) is 4. The highest BCUT2D eigenvalue weighted by Crippen LogP contribution is 2.45. The molecule has 3 atom stereocenters. The highest BCUT2D eigenvalue weighted by Gasteiger charge is 2.54. The second-order valence-electron chi connectivity index (χ2n) is 8.55. The van der Waals surface area contributed by atoms with Crippen molar-refractivity contribution in [3.8, 4) is 0 Å². The van der Waals surface area contributed by atoms with E-state index in [0.29, 0.717) is 16.4 Å². The number of thiazole rings is 1. The molecule has 0 bridgehead atoms. The van der Waals surface area contributed by atoms with E-state index >= 15 is 0 Å². The summed E-state index contributed by atoms with van der Waals surface area (Å²) >= 11 is 5.34. The number of halogens is 1. The van der Waals surface area contributed by atoms with Crippen molar-refractivity contribution >= 4 is 75.2 Å². The first-order valence-corrected chi connectivity index (χ1v) is 15.7. The van der Waals surface area contributed by atoms with Gasteiger partial charge >= 0.3 is 5.97 Å². The fourth-order valence-corrected chi connectivity index (χ4v) is 7.88. The van der Waals surface area contributed by atoms with Crippen LogP contribution < -0.4 is 16.8 Å². The summed E-state index contributed by atoms with van der Waals surface area (Å²) < 4.78 is 12.5. The van der Waals surface area contributed by atoms with Gasteiger partial charge < -0.3 is 26.7 Å². The number of nitrogen functional groups attached to an aromatic ring is 1. The van der Waals surface area contributed by atoms with E-state index in [0.717, 1.165) is 27.5 Å². The lowest BCUT2D eigenvalue weighted by Gasteiger charge is -2.49. The van der Waals surface area contributed by atoms with Gasteiger partial charge in [-0.15, -0.1) is 23.1 Å². The molecule has 6 N–H and O–H groups in total. The second-order valence-corrected chi connectivity index (χ2v) is 12.7. The number of β-lactam (4-membered cyclic amide) rings is 1. The number of thioether (sulfide) groups is 3. The van der Waals surface area contributed by atoms with Crippen LogP contribution in [0.1, 0.15) is 18.2 Å². The molecule has 0 radical (unpaired) electrons. The zero-order valence-corrected chi connectivity index (χ0v) is 24.4. The monoisotopic (exact) mass is 627 g/mol. The van der Waals surface area contributed by atoms with E-state index in [2.05, 4.69) is 20.4 Å². The molecule has 0 aliphatic carbocycles. The molecule has 12 nitrogen and oxygen atoms in total. The third-order valence-corrected chi connectivity index (χ3v) is 10.1. The molecule has 4 rings (SSSR count). The Morgan fingerprint density at radius 3 is 2.92 bits per heavy atom. The van der Waals surface area contributed by atoms with E-state index in [9.17, 15) is 23.9 Å². The summed E-state index contributed by atoms with van der Waals surface area (Å²) in [6, 6.07) is 0.849. The maximum atomic E-state index is 13.2. The largest absolute Gasteiger partial charge is 0.477 e. The first-order valence-electron chi connectivity index (χ1n) is 11.8. The van der Waals surface area contributed by atoms with Gasteiger partial charge in [-0.25, -0.2) is 14.2 Å². The van der Waals surface area contributed by atoms with E-state index in [4.69, 9.17) is 16.3 Å². The summed E-state index contributed by atoms with van der Waals surface area (Å²) in [6.07, 6.45) is 3.37. The van der Waals surface area contributed by atoms with E-state index in [-0.39, 0.29) is 34.9 Å². The smallest absolute Gasteiger partial charge is 0.353 e. The molecule has 0 aromatic carbocycles. The standard InChI is InChI=1S/C23H26FN7O5S4/c1-11(25)7-37-8-12-6-27-4-2-14(12)40-15-10-38-21-17(20(33)31(21)18(15)22(34)35)29-19(32)16(30-36-5-3-24)13-9-39-23(26)28-13/h2,4,6,9,11,17,21H,3,5,7-8,10,25H2,1H3,(H2,26,28)(H,29,32)(H,34,35)/b30-16-/t11?,17-,21+/m1/s1. The predicted octanol–water partition coefficient (Wildman–Crippen LogP) is 1.88. The number of carboxylic acids is 1. The van der Waals surface area contributed by atoms with Crippen LogP contribution in [-0.2, 0) is 25.0 Å². The minimum atomic E-state index is -1.24. The molecule has 2 aromatic rings. The lowest BCUT2D eigenvalue weighted by Crippen LogP contribution is -2.71. The number of alkyl halides is 1. The van der Waals surface area contributed by atoms with Crippen LogP contribution in [0.2, 0.25) is 0 Å². The summed E-state index contributed by atoms with van der Waals surface area (Å²) in [5, 5.41) is 17.3. The number of hydrogen-bond donors (Lipinski definition) is 4. The number of oxime groups is 1. The number of fused-ring (bicyclic) bond motifs is 1. The highest BCUT2D eigenvalue weighted by atomic mass is 32.2. The SMILES string of the molecule is CC(N)CSCc1cnccc1SC1=C(C(=O)O)N2C(=O)[C@@H](NC(=O)/C(=N\OCCF)c3csc(N)n3)[C@@H]2SC1. The quantitative estimate of drug-likeness (QED) is 0.110. The number of carbonyl (C=O) groups is 3. The number of nitrogens with two attached hydrogens (primary N) is 2. The Morgan fingerprint density at radius 2 is 2.25 bits per heavy atom. The number of carboxylic acid groups (broad SMARTS) is 1.